The van der Waals surface area contributed by atoms with Gasteiger partial charge in [-0.05, 0) is 43.6 Å². The van der Waals surface area contributed by atoms with Crippen molar-refractivity contribution >= 4 is 5.97 Å². The molecule has 0 aromatic rings. The fraction of sp³-hybridized carbons (Fsp3) is 0.941. The van der Waals surface area contributed by atoms with Crippen molar-refractivity contribution in [2.24, 2.45) is 11.3 Å². The molecule has 1 N–H and O–H groups in total. The van der Waals surface area contributed by atoms with Gasteiger partial charge in [-0.25, -0.2) is 0 Å². The highest BCUT2D eigenvalue weighted by atomic mass is 16.4. The summed E-state index contributed by atoms with van der Waals surface area (Å²) in [5, 5.41) is 9.18. The van der Waals surface area contributed by atoms with Crippen LogP contribution in [0.2, 0.25) is 0 Å². The van der Waals surface area contributed by atoms with Crippen molar-refractivity contribution in [2.75, 3.05) is 6.54 Å². The number of aliphatic carboxylic acids is 1. The molecule has 0 radical (unpaired) electrons. The predicted molar refractivity (Wildman–Crippen MR) is 81.8 cm³/mol. The monoisotopic (exact) mass is 281 g/mol. The average molecular weight is 281 g/mol. The second kappa shape index (κ2) is 6.46. The number of likely N-dealkylation sites (tertiary alicyclic amines) is 1. The van der Waals surface area contributed by atoms with Gasteiger partial charge in [0, 0.05) is 12.1 Å². The molecule has 116 valence electrons. The molecular formula is C17H31NO2. The maximum Gasteiger partial charge on any atom is 0.304 e. The fourth-order valence-corrected chi connectivity index (χ4v) is 4.40. The normalized spacial score (nSPS) is 33.0. The van der Waals surface area contributed by atoms with Crippen LogP contribution >= 0.6 is 0 Å². The summed E-state index contributed by atoms with van der Waals surface area (Å²) in [7, 11) is 0. The van der Waals surface area contributed by atoms with Crippen molar-refractivity contribution in [2.45, 2.75) is 84.2 Å². The molecule has 0 aromatic heterocycles. The summed E-state index contributed by atoms with van der Waals surface area (Å²) in [6.07, 6.45) is 9.06. The summed E-state index contributed by atoms with van der Waals surface area (Å²) < 4.78 is 0. The number of nitrogens with zero attached hydrogens (tertiary/aromatic N) is 1. The maximum absolute atomic E-state index is 11.1. The van der Waals surface area contributed by atoms with Crippen molar-refractivity contribution in [3.8, 4) is 0 Å². The molecule has 3 unspecified atom stereocenters. The summed E-state index contributed by atoms with van der Waals surface area (Å²) in [6.45, 7) is 8.17. The molecule has 1 aliphatic carbocycles. The molecule has 20 heavy (non-hydrogen) atoms. The molecule has 3 nitrogen and oxygen atoms in total. The molecule has 0 spiro atoms. The highest BCUT2D eigenvalue weighted by Crippen LogP contribution is 2.42. The Hall–Kier alpha value is -0.570. The van der Waals surface area contributed by atoms with Crippen LogP contribution in [-0.4, -0.2) is 34.6 Å². The van der Waals surface area contributed by atoms with Crippen LogP contribution in [0.4, 0.5) is 0 Å². The first kappa shape index (κ1) is 15.8. The van der Waals surface area contributed by atoms with E-state index in [2.05, 4.69) is 25.7 Å². The van der Waals surface area contributed by atoms with Crippen LogP contribution in [0.3, 0.4) is 0 Å². The van der Waals surface area contributed by atoms with Gasteiger partial charge in [0.05, 0.1) is 6.42 Å². The molecule has 0 aromatic carbocycles. The summed E-state index contributed by atoms with van der Waals surface area (Å²) in [5.74, 6) is 0.0793. The standard InChI is InChI=1S/C17H31NO2/c1-17(2,3)14-9-4-5-10-15(14)18-11-7-6-8-13(18)12-16(19)20/h13-15H,4-12H2,1-3H3,(H,19,20). The smallest absolute Gasteiger partial charge is 0.304 e. The second-order valence-electron chi connectivity index (χ2n) is 7.81. The molecule has 0 amide bonds. The Morgan fingerprint density at radius 2 is 1.75 bits per heavy atom. The summed E-state index contributed by atoms with van der Waals surface area (Å²) >= 11 is 0. The minimum absolute atomic E-state index is 0.272. The Kier molecular flexibility index (Phi) is 5.11. The quantitative estimate of drug-likeness (QED) is 0.852. The zero-order valence-electron chi connectivity index (χ0n) is 13.4. The zero-order chi connectivity index (χ0) is 14.8. The third kappa shape index (κ3) is 3.75. The number of hydrogen-bond acceptors (Lipinski definition) is 2. The first-order chi connectivity index (χ1) is 9.39. The molecule has 1 saturated heterocycles. The van der Waals surface area contributed by atoms with E-state index in [1.807, 2.05) is 0 Å². The lowest BCUT2D eigenvalue weighted by atomic mass is 9.68. The summed E-state index contributed by atoms with van der Waals surface area (Å²) in [5.41, 5.74) is 0.330. The number of carboxylic acids is 1. The van der Waals surface area contributed by atoms with Gasteiger partial charge in [0.15, 0.2) is 0 Å². The first-order valence-corrected chi connectivity index (χ1v) is 8.37. The lowest BCUT2D eigenvalue weighted by Gasteiger charge is -2.50. The van der Waals surface area contributed by atoms with Crippen LogP contribution in [0.1, 0.15) is 72.1 Å². The zero-order valence-corrected chi connectivity index (χ0v) is 13.4. The van der Waals surface area contributed by atoms with E-state index in [0.717, 1.165) is 13.0 Å². The van der Waals surface area contributed by atoms with E-state index in [1.165, 1.54) is 38.5 Å². The minimum Gasteiger partial charge on any atom is -0.481 e. The average Bonchev–Trinajstić information content (AvgIpc) is 2.38. The van der Waals surface area contributed by atoms with Crippen LogP contribution in [0.25, 0.3) is 0 Å². The van der Waals surface area contributed by atoms with Gasteiger partial charge in [0.2, 0.25) is 0 Å². The molecule has 0 bridgehead atoms. The van der Waals surface area contributed by atoms with Gasteiger partial charge in [0.1, 0.15) is 0 Å². The third-order valence-corrected chi connectivity index (χ3v) is 5.35. The number of piperidine rings is 1. The number of carboxylic acid groups (broad SMARTS) is 1. The molecule has 2 fully saturated rings. The van der Waals surface area contributed by atoms with Gasteiger partial charge in [0.25, 0.3) is 0 Å². The van der Waals surface area contributed by atoms with E-state index in [4.69, 9.17) is 0 Å². The Labute approximate surface area is 123 Å². The van der Waals surface area contributed by atoms with Crippen molar-refractivity contribution in [1.29, 1.82) is 0 Å². The van der Waals surface area contributed by atoms with Gasteiger partial charge in [-0.15, -0.1) is 0 Å². The Balaban J connectivity index is 2.13. The predicted octanol–water partition coefficient (Wildman–Crippen LogP) is 3.92. The van der Waals surface area contributed by atoms with Gasteiger partial charge in [-0.2, -0.15) is 0 Å². The maximum atomic E-state index is 11.1. The molecule has 1 aliphatic heterocycles. The molecule has 1 heterocycles. The summed E-state index contributed by atoms with van der Waals surface area (Å²) in [4.78, 5) is 13.7. The van der Waals surface area contributed by atoms with E-state index in [0.29, 0.717) is 23.8 Å². The number of rotatable bonds is 3. The van der Waals surface area contributed by atoms with Gasteiger partial charge >= 0.3 is 5.97 Å². The molecular weight excluding hydrogens is 250 g/mol. The number of hydrogen-bond donors (Lipinski definition) is 1. The largest absolute Gasteiger partial charge is 0.481 e. The van der Waals surface area contributed by atoms with Crippen LogP contribution in [0.5, 0.6) is 0 Å². The SMILES string of the molecule is CC(C)(C)C1CCCCC1N1CCCCC1CC(=O)O. The van der Waals surface area contributed by atoms with E-state index in [1.54, 1.807) is 0 Å². The molecule has 2 rings (SSSR count). The van der Waals surface area contributed by atoms with Crippen molar-refractivity contribution in [1.82, 2.24) is 4.90 Å². The van der Waals surface area contributed by atoms with Crippen LogP contribution in [-0.2, 0) is 4.79 Å². The van der Waals surface area contributed by atoms with E-state index in [9.17, 15) is 9.90 Å². The van der Waals surface area contributed by atoms with E-state index >= 15 is 0 Å². The molecule has 3 atom stereocenters. The van der Waals surface area contributed by atoms with Crippen molar-refractivity contribution in [3.05, 3.63) is 0 Å². The highest BCUT2D eigenvalue weighted by Gasteiger charge is 2.40. The van der Waals surface area contributed by atoms with Crippen LogP contribution in [0.15, 0.2) is 0 Å². The van der Waals surface area contributed by atoms with E-state index in [-0.39, 0.29) is 6.04 Å². The van der Waals surface area contributed by atoms with E-state index < -0.39 is 5.97 Å². The van der Waals surface area contributed by atoms with Crippen LogP contribution < -0.4 is 0 Å². The fourth-order valence-electron chi connectivity index (χ4n) is 4.40. The van der Waals surface area contributed by atoms with Crippen molar-refractivity contribution < 1.29 is 9.90 Å². The van der Waals surface area contributed by atoms with Gasteiger partial charge < -0.3 is 5.11 Å². The molecule has 2 aliphatic rings. The Morgan fingerprint density at radius 1 is 1.10 bits per heavy atom. The number of carbonyl (C=O) groups is 1. The summed E-state index contributed by atoms with van der Waals surface area (Å²) in [6, 6.07) is 0.877. The first-order valence-electron chi connectivity index (χ1n) is 8.37. The van der Waals surface area contributed by atoms with Crippen molar-refractivity contribution in [3.63, 3.8) is 0 Å². The lowest BCUT2D eigenvalue weighted by Crippen LogP contribution is -2.53. The molecule has 3 heteroatoms. The molecule has 1 saturated carbocycles. The minimum atomic E-state index is -0.634. The highest BCUT2D eigenvalue weighted by molar-refractivity contribution is 5.67. The van der Waals surface area contributed by atoms with Crippen LogP contribution in [0, 0.1) is 11.3 Å². The Morgan fingerprint density at radius 3 is 2.40 bits per heavy atom. The Bertz CT molecular complexity index is 334. The topological polar surface area (TPSA) is 40.5 Å². The second-order valence-corrected chi connectivity index (χ2v) is 7.81. The lowest BCUT2D eigenvalue weighted by molar-refractivity contribution is -0.139. The third-order valence-electron chi connectivity index (χ3n) is 5.35. The van der Waals surface area contributed by atoms with Gasteiger partial charge in [-0.3, -0.25) is 9.69 Å². The van der Waals surface area contributed by atoms with Gasteiger partial charge in [-0.1, -0.05) is 40.0 Å².